The van der Waals surface area contributed by atoms with E-state index >= 15 is 0 Å². The maximum Gasteiger partial charge on any atom is 0.121 e. The normalized spacial score (nSPS) is 10.7. The molecule has 5 heteroatoms. The highest BCUT2D eigenvalue weighted by Gasteiger charge is 2.00. The summed E-state index contributed by atoms with van der Waals surface area (Å²) in [5.74, 6) is 0.810. The Morgan fingerprint density at radius 1 is 1.25 bits per heavy atom. The third-order valence-electron chi connectivity index (χ3n) is 2.88. The molecule has 0 aliphatic rings. The maximum absolute atomic E-state index is 5.68. The summed E-state index contributed by atoms with van der Waals surface area (Å²) in [6, 6.07) is 7.47. The van der Waals surface area contributed by atoms with Crippen LogP contribution in [0.5, 0.6) is 5.75 Å². The summed E-state index contributed by atoms with van der Waals surface area (Å²) in [4.78, 5) is 5.52. The van der Waals surface area contributed by atoms with Crippen molar-refractivity contribution in [3.05, 3.63) is 40.3 Å². The summed E-state index contributed by atoms with van der Waals surface area (Å²) in [6.45, 7) is 4.12. The molecule has 0 saturated heterocycles. The number of anilines is 1. The van der Waals surface area contributed by atoms with Gasteiger partial charge in [0.15, 0.2) is 0 Å². The van der Waals surface area contributed by atoms with Crippen LogP contribution in [-0.2, 0) is 11.2 Å². The number of benzene rings is 1. The summed E-state index contributed by atoms with van der Waals surface area (Å²) in [5, 5.41) is 0. The minimum absolute atomic E-state index is 0.642. The van der Waals surface area contributed by atoms with Gasteiger partial charge in [-0.1, -0.05) is 6.07 Å². The van der Waals surface area contributed by atoms with E-state index in [2.05, 4.69) is 4.98 Å². The van der Waals surface area contributed by atoms with Gasteiger partial charge in [-0.05, 0) is 19.1 Å². The standard InChI is InChI=1S/C15H20N2O2S/c1-12-15(20-11-17-12)6-9-18-7-3-8-19-14-5-2-4-13(16)10-14/h2,4-5,10-11H,3,6-9,16H2,1H3. The van der Waals surface area contributed by atoms with E-state index in [-0.39, 0.29) is 0 Å². The lowest BCUT2D eigenvalue weighted by Crippen LogP contribution is -2.05. The molecule has 0 atom stereocenters. The first kappa shape index (κ1) is 14.8. The van der Waals surface area contributed by atoms with Gasteiger partial charge in [-0.15, -0.1) is 11.3 Å². The fraction of sp³-hybridized carbons (Fsp3) is 0.400. The number of nitrogens with zero attached hydrogens (tertiary/aromatic N) is 1. The molecule has 0 aliphatic carbocycles. The van der Waals surface area contributed by atoms with Gasteiger partial charge in [-0.3, -0.25) is 0 Å². The van der Waals surface area contributed by atoms with Crippen LogP contribution in [0.2, 0.25) is 0 Å². The van der Waals surface area contributed by atoms with E-state index in [9.17, 15) is 0 Å². The number of nitrogen functional groups attached to an aromatic ring is 1. The Morgan fingerprint density at radius 3 is 2.90 bits per heavy atom. The Hall–Kier alpha value is -1.59. The van der Waals surface area contributed by atoms with Crippen LogP contribution in [0.25, 0.3) is 0 Å². The Balaban J connectivity index is 1.53. The lowest BCUT2D eigenvalue weighted by molar-refractivity contribution is 0.122. The minimum atomic E-state index is 0.642. The zero-order valence-electron chi connectivity index (χ0n) is 11.7. The number of thiazole rings is 1. The molecule has 4 nitrogen and oxygen atoms in total. The molecular weight excluding hydrogens is 272 g/mol. The molecule has 1 aromatic heterocycles. The topological polar surface area (TPSA) is 57.4 Å². The van der Waals surface area contributed by atoms with Gasteiger partial charge < -0.3 is 15.2 Å². The zero-order valence-corrected chi connectivity index (χ0v) is 12.5. The molecule has 2 N–H and O–H groups in total. The summed E-state index contributed by atoms with van der Waals surface area (Å²) >= 11 is 1.69. The molecule has 108 valence electrons. The van der Waals surface area contributed by atoms with Gasteiger partial charge in [0.25, 0.3) is 0 Å². The van der Waals surface area contributed by atoms with Crippen molar-refractivity contribution in [2.75, 3.05) is 25.6 Å². The molecule has 0 saturated carbocycles. The van der Waals surface area contributed by atoms with Gasteiger partial charge in [-0.2, -0.15) is 0 Å². The molecule has 0 unspecified atom stereocenters. The van der Waals surface area contributed by atoms with Gasteiger partial charge in [0.1, 0.15) is 5.75 Å². The molecule has 1 heterocycles. The van der Waals surface area contributed by atoms with Crippen molar-refractivity contribution >= 4 is 17.0 Å². The molecule has 0 spiro atoms. The fourth-order valence-corrected chi connectivity index (χ4v) is 2.55. The molecule has 1 aromatic carbocycles. The summed E-state index contributed by atoms with van der Waals surface area (Å²) in [7, 11) is 0. The Bertz CT molecular complexity index is 528. The van der Waals surface area contributed by atoms with Crippen molar-refractivity contribution in [2.24, 2.45) is 0 Å². The highest BCUT2D eigenvalue weighted by Crippen LogP contribution is 2.14. The van der Waals surface area contributed by atoms with E-state index < -0.39 is 0 Å². The highest BCUT2D eigenvalue weighted by atomic mass is 32.1. The first-order chi connectivity index (χ1) is 9.75. The molecule has 20 heavy (non-hydrogen) atoms. The van der Waals surface area contributed by atoms with Crippen LogP contribution in [-0.4, -0.2) is 24.8 Å². The minimum Gasteiger partial charge on any atom is -0.493 e. The van der Waals surface area contributed by atoms with Crippen LogP contribution in [0, 0.1) is 6.92 Å². The van der Waals surface area contributed by atoms with E-state index in [1.165, 1.54) is 4.88 Å². The van der Waals surface area contributed by atoms with E-state index in [0.717, 1.165) is 36.6 Å². The van der Waals surface area contributed by atoms with Crippen molar-refractivity contribution in [3.63, 3.8) is 0 Å². The Morgan fingerprint density at radius 2 is 2.15 bits per heavy atom. The van der Waals surface area contributed by atoms with E-state index in [1.54, 1.807) is 11.3 Å². The monoisotopic (exact) mass is 292 g/mol. The predicted octanol–water partition coefficient (Wildman–Crippen LogP) is 3.06. The summed E-state index contributed by atoms with van der Waals surface area (Å²) in [6.07, 6.45) is 1.81. The van der Waals surface area contributed by atoms with Crippen LogP contribution in [0.3, 0.4) is 0 Å². The van der Waals surface area contributed by atoms with E-state index in [0.29, 0.717) is 13.2 Å². The molecule has 0 fully saturated rings. The predicted molar refractivity (Wildman–Crippen MR) is 82.3 cm³/mol. The van der Waals surface area contributed by atoms with Crippen molar-refractivity contribution in [1.82, 2.24) is 4.98 Å². The van der Waals surface area contributed by atoms with Crippen molar-refractivity contribution in [1.29, 1.82) is 0 Å². The van der Waals surface area contributed by atoms with Gasteiger partial charge in [-0.25, -0.2) is 4.98 Å². The SMILES string of the molecule is Cc1ncsc1CCOCCCOc1cccc(N)c1. The quantitative estimate of drug-likeness (QED) is 0.600. The van der Waals surface area contributed by atoms with Crippen molar-refractivity contribution < 1.29 is 9.47 Å². The second kappa shape index (κ2) is 7.87. The zero-order chi connectivity index (χ0) is 14.2. The molecule has 0 aliphatic heterocycles. The van der Waals surface area contributed by atoms with Crippen LogP contribution >= 0.6 is 11.3 Å². The summed E-state index contributed by atoms with van der Waals surface area (Å²) < 4.78 is 11.2. The fourth-order valence-electron chi connectivity index (χ4n) is 1.79. The van der Waals surface area contributed by atoms with Gasteiger partial charge in [0.05, 0.1) is 24.4 Å². The first-order valence-electron chi connectivity index (χ1n) is 6.71. The van der Waals surface area contributed by atoms with Crippen molar-refractivity contribution in [2.45, 2.75) is 19.8 Å². The average Bonchev–Trinajstić information content (AvgIpc) is 2.83. The number of ether oxygens (including phenoxy) is 2. The number of aromatic nitrogens is 1. The highest BCUT2D eigenvalue weighted by molar-refractivity contribution is 7.09. The van der Waals surface area contributed by atoms with Gasteiger partial charge >= 0.3 is 0 Å². The molecule has 0 amide bonds. The van der Waals surface area contributed by atoms with Gasteiger partial charge in [0, 0.05) is 36.1 Å². The third kappa shape index (κ3) is 4.83. The molecule has 0 bridgehead atoms. The van der Waals surface area contributed by atoms with Crippen molar-refractivity contribution in [3.8, 4) is 5.75 Å². The van der Waals surface area contributed by atoms with Gasteiger partial charge in [0.2, 0.25) is 0 Å². The second-order valence-electron chi connectivity index (χ2n) is 4.50. The largest absolute Gasteiger partial charge is 0.493 e. The molecular formula is C15H20N2O2S. The van der Waals surface area contributed by atoms with Crippen LogP contribution in [0.15, 0.2) is 29.8 Å². The lowest BCUT2D eigenvalue weighted by Gasteiger charge is -2.07. The third-order valence-corrected chi connectivity index (χ3v) is 3.87. The smallest absolute Gasteiger partial charge is 0.121 e. The number of aryl methyl sites for hydroxylation is 1. The Labute approximate surface area is 123 Å². The second-order valence-corrected chi connectivity index (χ2v) is 5.44. The number of hydrogen-bond acceptors (Lipinski definition) is 5. The number of rotatable bonds is 8. The van der Waals surface area contributed by atoms with E-state index in [4.69, 9.17) is 15.2 Å². The summed E-state index contributed by atoms with van der Waals surface area (Å²) in [5.41, 5.74) is 9.39. The first-order valence-corrected chi connectivity index (χ1v) is 7.59. The van der Waals surface area contributed by atoms with Crippen LogP contribution in [0.1, 0.15) is 17.0 Å². The van der Waals surface area contributed by atoms with Crippen LogP contribution in [0.4, 0.5) is 5.69 Å². The number of hydrogen-bond donors (Lipinski definition) is 1. The lowest BCUT2D eigenvalue weighted by atomic mass is 10.3. The molecule has 0 radical (unpaired) electrons. The Kier molecular flexibility index (Phi) is 5.83. The molecule has 2 rings (SSSR count). The maximum atomic E-state index is 5.68. The average molecular weight is 292 g/mol. The van der Waals surface area contributed by atoms with Crippen LogP contribution < -0.4 is 10.5 Å². The van der Waals surface area contributed by atoms with E-state index in [1.807, 2.05) is 36.7 Å². The number of nitrogens with two attached hydrogens (primary N) is 1. The molecule has 2 aromatic rings.